The first-order valence-corrected chi connectivity index (χ1v) is 5.59. The first-order chi connectivity index (χ1) is 6.43. The predicted molar refractivity (Wildman–Crippen MR) is 57.6 cm³/mol. The fourth-order valence-corrected chi connectivity index (χ4v) is 1.94. The van der Waals surface area contributed by atoms with Crippen LogP contribution in [0.5, 0.6) is 0 Å². The van der Waals surface area contributed by atoms with Crippen molar-refractivity contribution in [3.8, 4) is 12.3 Å². The van der Waals surface area contributed by atoms with Gasteiger partial charge in [0.25, 0.3) is 0 Å². The van der Waals surface area contributed by atoms with Gasteiger partial charge < -0.3 is 4.90 Å². The first-order valence-electron chi connectivity index (χ1n) is 5.59. The lowest BCUT2D eigenvalue weighted by Gasteiger charge is -2.23. The van der Waals surface area contributed by atoms with Crippen LogP contribution in [0.2, 0.25) is 0 Å². The summed E-state index contributed by atoms with van der Waals surface area (Å²) in [5.41, 5.74) is 0. The zero-order valence-corrected chi connectivity index (χ0v) is 8.60. The van der Waals surface area contributed by atoms with E-state index in [-0.39, 0.29) is 0 Å². The number of rotatable bonds is 3. The maximum absolute atomic E-state index is 5.23. The molecule has 1 aliphatic heterocycles. The van der Waals surface area contributed by atoms with Gasteiger partial charge >= 0.3 is 0 Å². The van der Waals surface area contributed by atoms with Gasteiger partial charge in [0.05, 0.1) is 0 Å². The van der Waals surface area contributed by atoms with Gasteiger partial charge in [-0.15, -0.1) is 12.3 Å². The molecule has 0 aromatic carbocycles. The van der Waals surface area contributed by atoms with E-state index in [0.29, 0.717) is 0 Å². The fourth-order valence-electron chi connectivity index (χ4n) is 1.94. The second-order valence-electron chi connectivity index (χ2n) is 3.92. The van der Waals surface area contributed by atoms with Crippen LogP contribution < -0.4 is 0 Å². The van der Waals surface area contributed by atoms with Gasteiger partial charge in [-0.1, -0.05) is 19.3 Å². The Morgan fingerprint density at radius 3 is 2.23 bits per heavy atom. The third kappa shape index (κ3) is 4.95. The molecule has 1 nitrogen and oxygen atoms in total. The summed E-state index contributed by atoms with van der Waals surface area (Å²) in [4.78, 5) is 2.58. The molecule has 74 valence electrons. The molecule has 0 radical (unpaired) electrons. The Morgan fingerprint density at radius 2 is 1.62 bits per heavy atom. The van der Waals surface area contributed by atoms with E-state index in [0.717, 1.165) is 6.42 Å². The Kier molecular flexibility index (Phi) is 5.69. The summed E-state index contributed by atoms with van der Waals surface area (Å²) in [6.07, 6.45) is 14.4. The molecule has 0 spiro atoms. The summed E-state index contributed by atoms with van der Waals surface area (Å²) >= 11 is 0. The van der Waals surface area contributed by atoms with Crippen molar-refractivity contribution >= 4 is 0 Å². The van der Waals surface area contributed by atoms with Crippen LogP contribution in [0.15, 0.2) is 0 Å². The summed E-state index contributed by atoms with van der Waals surface area (Å²) in [6.45, 7) is 3.80. The van der Waals surface area contributed by atoms with Crippen LogP contribution in [0.25, 0.3) is 0 Å². The highest BCUT2D eigenvalue weighted by atomic mass is 15.1. The quantitative estimate of drug-likeness (QED) is 0.475. The molecule has 1 rings (SSSR count). The minimum Gasteiger partial charge on any atom is -0.303 e. The van der Waals surface area contributed by atoms with E-state index in [9.17, 15) is 0 Å². The molecule has 1 heteroatoms. The molecule has 0 amide bonds. The second-order valence-corrected chi connectivity index (χ2v) is 3.92. The lowest BCUT2D eigenvalue weighted by Crippen LogP contribution is -2.28. The highest BCUT2D eigenvalue weighted by Gasteiger charge is 2.06. The number of unbranched alkanes of at least 4 members (excludes halogenated alkanes) is 1. The summed E-state index contributed by atoms with van der Waals surface area (Å²) in [5, 5.41) is 0. The van der Waals surface area contributed by atoms with Crippen LogP contribution in [0.1, 0.15) is 44.9 Å². The average Bonchev–Trinajstić information content (AvgIpc) is 2.08. The maximum Gasteiger partial charge on any atom is 0.00982 e. The average molecular weight is 179 g/mol. The molecule has 0 bridgehead atoms. The van der Waals surface area contributed by atoms with Gasteiger partial charge in [-0.25, -0.2) is 0 Å². The molecule has 1 aliphatic rings. The van der Waals surface area contributed by atoms with Crippen molar-refractivity contribution in [3.63, 3.8) is 0 Å². The topological polar surface area (TPSA) is 3.24 Å². The Balaban J connectivity index is 2.11. The fraction of sp³-hybridized carbons (Fsp3) is 0.833. The maximum atomic E-state index is 5.23. The Hall–Kier alpha value is -0.480. The van der Waals surface area contributed by atoms with E-state index in [2.05, 4.69) is 10.8 Å². The Morgan fingerprint density at radius 1 is 1.00 bits per heavy atom. The van der Waals surface area contributed by atoms with Gasteiger partial charge in [-0.3, -0.25) is 0 Å². The van der Waals surface area contributed by atoms with Crippen LogP contribution in [0.4, 0.5) is 0 Å². The molecule has 0 aliphatic carbocycles. The SMILES string of the molecule is C#CCCCN1CCCCCCC1. The van der Waals surface area contributed by atoms with Crippen LogP contribution in [0, 0.1) is 12.3 Å². The molecule has 0 aromatic rings. The first kappa shape index (κ1) is 10.6. The smallest absolute Gasteiger partial charge is 0.00982 e. The van der Waals surface area contributed by atoms with Crippen molar-refractivity contribution in [1.29, 1.82) is 0 Å². The van der Waals surface area contributed by atoms with Gasteiger partial charge in [-0.05, 0) is 38.9 Å². The van der Waals surface area contributed by atoms with Gasteiger partial charge in [0.2, 0.25) is 0 Å². The highest BCUT2D eigenvalue weighted by Crippen LogP contribution is 2.10. The van der Waals surface area contributed by atoms with Crippen molar-refractivity contribution in [2.75, 3.05) is 19.6 Å². The molecule has 1 heterocycles. The van der Waals surface area contributed by atoms with Gasteiger partial charge in [0.15, 0.2) is 0 Å². The van der Waals surface area contributed by atoms with E-state index < -0.39 is 0 Å². The number of likely N-dealkylation sites (tertiary alicyclic amines) is 1. The molecule has 0 unspecified atom stereocenters. The van der Waals surface area contributed by atoms with Gasteiger partial charge in [0.1, 0.15) is 0 Å². The third-order valence-electron chi connectivity index (χ3n) is 2.74. The Bertz CT molecular complexity index is 149. The van der Waals surface area contributed by atoms with E-state index in [1.54, 1.807) is 0 Å². The van der Waals surface area contributed by atoms with Gasteiger partial charge in [-0.2, -0.15) is 0 Å². The standard InChI is InChI=1S/C12H21N/c1-2-3-7-10-13-11-8-5-4-6-9-12-13/h1H,3-12H2. The number of terminal acetylenes is 1. The van der Waals surface area contributed by atoms with Crippen LogP contribution >= 0.6 is 0 Å². The normalized spacial score (nSPS) is 20.2. The molecular weight excluding hydrogens is 158 g/mol. The van der Waals surface area contributed by atoms with Crippen molar-refractivity contribution < 1.29 is 0 Å². The van der Waals surface area contributed by atoms with Crippen LogP contribution in [-0.2, 0) is 0 Å². The Labute approximate surface area is 82.5 Å². The van der Waals surface area contributed by atoms with E-state index in [4.69, 9.17) is 6.42 Å². The predicted octanol–water partition coefficient (Wildman–Crippen LogP) is 2.67. The highest BCUT2D eigenvalue weighted by molar-refractivity contribution is 4.83. The summed E-state index contributed by atoms with van der Waals surface area (Å²) < 4.78 is 0. The summed E-state index contributed by atoms with van der Waals surface area (Å²) in [6, 6.07) is 0. The van der Waals surface area contributed by atoms with Crippen LogP contribution in [0.3, 0.4) is 0 Å². The minimum atomic E-state index is 0.941. The molecule has 0 saturated carbocycles. The van der Waals surface area contributed by atoms with Crippen molar-refractivity contribution in [2.45, 2.75) is 44.9 Å². The number of hydrogen-bond donors (Lipinski definition) is 0. The van der Waals surface area contributed by atoms with Gasteiger partial charge in [0, 0.05) is 6.42 Å². The zero-order valence-electron chi connectivity index (χ0n) is 8.60. The molecule has 13 heavy (non-hydrogen) atoms. The van der Waals surface area contributed by atoms with Crippen molar-refractivity contribution in [3.05, 3.63) is 0 Å². The summed E-state index contributed by atoms with van der Waals surface area (Å²) in [7, 11) is 0. The van der Waals surface area contributed by atoms with Crippen molar-refractivity contribution in [2.24, 2.45) is 0 Å². The molecule has 0 atom stereocenters. The van der Waals surface area contributed by atoms with E-state index >= 15 is 0 Å². The lowest BCUT2D eigenvalue weighted by atomic mass is 10.1. The lowest BCUT2D eigenvalue weighted by molar-refractivity contribution is 0.246. The number of hydrogen-bond acceptors (Lipinski definition) is 1. The molecular formula is C12H21N. The van der Waals surface area contributed by atoms with Crippen molar-refractivity contribution in [1.82, 2.24) is 4.90 Å². The number of nitrogens with zero attached hydrogens (tertiary/aromatic N) is 1. The molecule has 1 fully saturated rings. The van der Waals surface area contributed by atoms with E-state index in [1.807, 2.05) is 0 Å². The zero-order chi connectivity index (χ0) is 9.36. The minimum absolute atomic E-state index is 0.941. The molecule has 0 aromatic heterocycles. The largest absolute Gasteiger partial charge is 0.303 e. The van der Waals surface area contributed by atoms with Crippen LogP contribution in [-0.4, -0.2) is 24.5 Å². The van der Waals surface area contributed by atoms with E-state index in [1.165, 1.54) is 58.2 Å². The third-order valence-corrected chi connectivity index (χ3v) is 2.74. The molecule has 1 saturated heterocycles. The molecule has 0 N–H and O–H groups in total. The monoisotopic (exact) mass is 179 g/mol. The summed E-state index contributed by atoms with van der Waals surface area (Å²) in [5.74, 6) is 2.71. The second kappa shape index (κ2) is 6.97.